The highest BCUT2D eigenvalue weighted by atomic mass is 16.5. The van der Waals surface area contributed by atoms with E-state index in [0.29, 0.717) is 6.10 Å². The molecule has 2 aliphatic rings. The van der Waals surface area contributed by atoms with Gasteiger partial charge in [-0.05, 0) is 30.4 Å². The van der Waals surface area contributed by atoms with E-state index in [1.807, 2.05) is 0 Å². The Balaban J connectivity index is 1.85. The second kappa shape index (κ2) is 5.04. The van der Waals surface area contributed by atoms with Gasteiger partial charge in [0.1, 0.15) is 0 Å². The summed E-state index contributed by atoms with van der Waals surface area (Å²) in [6, 6.07) is 8.63. The second-order valence-electron chi connectivity index (χ2n) is 6.55. The maximum absolute atomic E-state index is 5.82. The summed E-state index contributed by atoms with van der Waals surface area (Å²) in [5, 5.41) is 3.59. The molecule has 0 aliphatic carbocycles. The molecule has 3 nitrogen and oxygen atoms in total. The molecular formula is C16H24N2O. The minimum absolute atomic E-state index is 0.275. The van der Waals surface area contributed by atoms with Crippen LogP contribution in [0.2, 0.25) is 0 Å². The molecule has 3 rings (SSSR count). The minimum Gasteiger partial charge on any atom is -0.383 e. The van der Waals surface area contributed by atoms with Crippen molar-refractivity contribution in [1.82, 2.24) is 0 Å². The van der Waals surface area contributed by atoms with Gasteiger partial charge >= 0.3 is 0 Å². The van der Waals surface area contributed by atoms with Crippen LogP contribution in [0.25, 0.3) is 0 Å². The number of fused-ring (bicyclic) bond motifs is 1. The summed E-state index contributed by atoms with van der Waals surface area (Å²) < 4.78 is 5.82. The predicted octanol–water partition coefficient (Wildman–Crippen LogP) is 3.12. The third kappa shape index (κ3) is 2.86. The Morgan fingerprint density at radius 3 is 3.00 bits per heavy atom. The SMILES string of the molecule is CC1(C)CNc2ccccc2N(CC2CCCO2)C1. The van der Waals surface area contributed by atoms with E-state index < -0.39 is 0 Å². The maximum atomic E-state index is 5.82. The van der Waals surface area contributed by atoms with Crippen LogP contribution in [0.15, 0.2) is 24.3 Å². The monoisotopic (exact) mass is 260 g/mol. The van der Waals surface area contributed by atoms with E-state index in [-0.39, 0.29) is 5.41 Å². The molecule has 1 aromatic carbocycles. The Hall–Kier alpha value is -1.22. The van der Waals surface area contributed by atoms with Gasteiger partial charge in [-0.25, -0.2) is 0 Å². The van der Waals surface area contributed by atoms with Crippen LogP contribution in [0.3, 0.4) is 0 Å². The number of hydrogen-bond donors (Lipinski definition) is 1. The maximum Gasteiger partial charge on any atom is 0.0750 e. The fraction of sp³-hybridized carbons (Fsp3) is 0.625. The lowest BCUT2D eigenvalue weighted by Gasteiger charge is -2.32. The molecule has 2 aliphatic heterocycles. The molecule has 1 fully saturated rings. The third-order valence-corrected chi connectivity index (χ3v) is 4.07. The molecule has 0 bridgehead atoms. The Labute approximate surface area is 115 Å². The lowest BCUT2D eigenvalue weighted by atomic mass is 9.93. The number of rotatable bonds is 2. The summed E-state index contributed by atoms with van der Waals surface area (Å²) in [6.45, 7) is 8.70. The quantitative estimate of drug-likeness (QED) is 0.884. The van der Waals surface area contributed by atoms with Gasteiger partial charge in [-0.2, -0.15) is 0 Å². The normalized spacial score (nSPS) is 25.6. The van der Waals surface area contributed by atoms with E-state index in [1.54, 1.807) is 0 Å². The topological polar surface area (TPSA) is 24.5 Å². The first-order valence-electron chi connectivity index (χ1n) is 7.33. The van der Waals surface area contributed by atoms with Crippen molar-refractivity contribution in [2.24, 2.45) is 5.41 Å². The number of anilines is 2. The standard InChI is InChI=1S/C16H24N2O/c1-16(2)11-17-14-7-3-4-8-15(14)18(12-16)10-13-6-5-9-19-13/h3-4,7-8,13,17H,5-6,9-12H2,1-2H3. The fourth-order valence-corrected chi connectivity index (χ4v) is 3.09. The number of para-hydroxylation sites is 2. The van der Waals surface area contributed by atoms with Crippen molar-refractivity contribution in [3.63, 3.8) is 0 Å². The van der Waals surface area contributed by atoms with Crippen molar-refractivity contribution in [2.45, 2.75) is 32.8 Å². The zero-order chi connectivity index (χ0) is 13.3. The summed E-state index contributed by atoms with van der Waals surface area (Å²) in [5.74, 6) is 0. The summed E-state index contributed by atoms with van der Waals surface area (Å²) in [4.78, 5) is 2.51. The summed E-state index contributed by atoms with van der Waals surface area (Å²) in [7, 11) is 0. The molecule has 1 N–H and O–H groups in total. The van der Waals surface area contributed by atoms with E-state index in [4.69, 9.17) is 4.74 Å². The van der Waals surface area contributed by atoms with Crippen molar-refractivity contribution in [2.75, 3.05) is 36.5 Å². The smallest absolute Gasteiger partial charge is 0.0750 e. The zero-order valence-corrected chi connectivity index (χ0v) is 12.0. The van der Waals surface area contributed by atoms with Crippen LogP contribution in [0, 0.1) is 5.41 Å². The molecule has 0 aromatic heterocycles. The highest BCUT2D eigenvalue weighted by Gasteiger charge is 2.29. The lowest BCUT2D eigenvalue weighted by Crippen LogP contribution is -2.39. The summed E-state index contributed by atoms with van der Waals surface area (Å²) in [6.07, 6.45) is 2.82. The van der Waals surface area contributed by atoms with Crippen LogP contribution in [-0.2, 0) is 4.74 Å². The number of nitrogens with zero attached hydrogens (tertiary/aromatic N) is 1. The molecule has 2 heterocycles. The van der Waals surface area contributed by atoms with Crippen molar-refractivity contribution >= 4 is 11.4 Å². The number of benzene rings is 1. The van der Waals surface area contributed by atoms with Gasteiger partial charge in [0, 0.05) is 26.2 Å². The largest absolute Gasteiger partial charge is 0.383 e. The summed E-state index contributed by atoms with van der Waals surface area (Å²) in [5.41, 5.74) is 2.85. The van der Waals surface area contributed by atoms with Crippen LogP contribution >= 0.6 is 0 Å². The molecule has 1 unspecified atom stereocenters. The van der Waals surface area contributed by atoms with E-state index in [9.17, 15) is 0 Å². The number of hydrogen-bond acceptors (Lipinski definition) is 3. The van der Waals surface area contributed by atoms with E-state index in [0.717, 1.165) is 26.2 Å². The molecule has 3 heteroatoms. The lowest BCUT2D eigenvalue weighted by molar-refractivity contribution is 0.114. The molecule has 19 heavy (non-hydrogen) atoms. The fourth-order valence-electron chi connectivity index (χ4n) is 3.09. The molecule has 0 amide bonds. The third-order valence-electron chi connectivity index (χ3n) is 4.07. The van der Waals surface area contributed by atoms with Gasteiger partial charge in [0.25, 0.3) is 0 Å². The van der Waals surface area contributed by atoms with Crippen molar-refractivity contribution in [1.29, 1.82) is 0 Å². The number of nitrogens with one attached hydrogen (secondary N) is 1. The molecular weight excluding hydrogens is 236 g/mol. The van der Waals surface area contributed by atoms with Gasteiger partial charge in [0.05, 0.1) is 17.5 Å². The predicted molar refractivity (Wildman–Crippen MR) is 79.9 cm³/mol. The number of ether oxygens (including phenoxy) is 1. The van der Waals surface area contributed by atoms with Crippen molar-refractivity contribution < 1.29 is 4.74 Å². The van der Waals surface area contributed by atoms with Gasteiger partial charge in [0.15, 0.2) is 0 Å². The zero-order valence-electron chi connectivity index (χ0n) is 12.0. The van der Waals surface area contributed by atoms with E-state index >= 15 is 0 Å². The van der Waals surface area contributed by atoms with Crippen molar-refractivity contribution in [3.8, 4) is 0 Å². The van der Waals surface area contributed by atoms with Gasteiger partial charge in [0.2, 0.25) is 0 Å². The molecule has 1 atom stereocenters. The van der Waals surface area contributed by atoms with E-state index in [2.05, 4.69) is 48.3 Å². The van der Waals surface area contributed by atoms with Crippen LogP contribution in [-0.4, -0.2) is 32.3 Å². The molecule has 1 saturated heterocycles. The second-order valence-corrected chi connectivity index (χ2v) is 6.55. The molecule has 0 spiro atoms. The van der Waals surface area contributed by atoms with Gasteiger partial charge < -0.3 is 15.0 Å². The molecule has 1 aromatic rings. The van der Waals surface area contributed by atoms with Gasteiger partial charge in [-0.1, -0.05) is 26.0 Å². The molecule has 0 radical (unpaired) electrons. The first-order chi connectivity index (χ1) is 9.14. The Morgan fingerprint density at radius 1 is 1.37 bits per heavy atom. The van der Waals surface area contributed by atoms with Gasteiger partial charge in [-0.15, -0.1) is 0 Å². The van der Waals surface area contributed by atoms with Crippen LogP contribution < -0.4 is 10.2 Å². The Morgan fingerprint density at radius 2 is 2.21 bits per heavy atom. The van der Waals surface area contributed by atoms with Crippen LogP contribution in [0.1, 0.15) is 26.7 Å². The Kier molecular flexibility index (Phi) is 3.40. The highest BCUT2D eigenvalue weighted by molar-refractivity contribution is 5.71. The van der Waals surface area contributed by atoms with Crippen LogP contribution in [0.4, 0.5) is 11.4 Å². The average Bonchev–Trinajstić information content (AvgIpc) is 2.84. The highest BCUT2D eigenvalue weighted by Crippen LogP contribution is 2.34. The van der Waals surface area contributed by atoms with Gasteiger partial charge in [-0.3, -0.25) is 0 Å². The molecule has 104 valence electrons. The van der Waals surface area contributed by atoms with Crippen molar-refractivity contribution in [3.05, 3.63) is 24.3 Å². The Bertz CT molecular complexity index is 438. The first kappa shape index (κ1) is 12.8. The molecule has 0 saturated carbocycles. The minimum atomic E-state index is 0.275. The first-order valence-corrected chi connectivity index (χ1v) is 7.33. The summed E-state index contributed by atoms with van der Waals surface area (Å²) >= 11 is 0. The average molecular weight is 260 g/mol. The van der Waals surface area contributed by atoms with E-state index in [1.165, 1.54) is 24.2 Å². The van der Waals surface area contributed by atoms with Crippen LogP contribution in [0.5, 0.6) is 0 Å².